The Morgan fingerprint density at radius 2 is 0.373 bits per heavy atom. The molecule has 0 unspecified atom stereocenters. The number of nitrogens with zero attached hydrogens (tertiary/aromatic N) is 2. The molecule has 20 aromatic rings. The lowest BCUT2D eigenvalue weighted by molar-refractivity contribution is 0.660. The van der Waals surface area contributed by atoms with Crippen LogP contribution in [0.4, 0.5) is 0 Å². The molecule has 0 fully saturated rings. The predicted molar refractivity (Wildman–Crippen MR) is 490 cm³/mol. The van der Waals surface area contributed by atoms with Gasteiger partial charge >= 0.3 is 0 Å². The Morgan fingerprint density at radius 3 is 0.703 bits per heavy atom. The zero-order chi connectivity index (χ0) is 77.8. The van der Waals surface area contributed by atoms with Crippen LogP contribution in [0.3, 0.4) is 0 Å². The molecule has 550 valence electrons. The molecule has 0 radical (unpaired) electrons. The molecule has 26 rings (SSSR count). The van der Waals surface area contributed by atoms with Gasteiger partial charge in [-0.3, -0.25) is 0 Å². The molecule has 0 bridgehead atoms. The van der Waals surface area contributed by atoms with Crippen molar-refractivity contribution in [3.8, 4) is 134 Å². The van der Waals surface area contributed by atoms with Crippen LogP contribution in [-0.4, -0.2) is 9.13 Å². The van der Waals surface area contributed by atoms with Crippen LogP contribution < -0.4 is 0 Å². The second kappa shape index (κ2) is 23.6. The van der Waals surface area contributed by atoms with Crippen LogP contribution in [-0.2, 0) is 21.7 Å². The third-order valence-electron chi connectivity index (χ3n) is 28.6. The van der Waals surface area contributed by atoms with Crippen LogP contribution in [0.5, 0.6) is 0 Å². The second-order valence-electron chi connectivity index (χ2n) is 34.8. The highest BCUT2D eigenvalue weighted by Gasteiger charge is 2.54. The Bertz CT molecular complexity index is 7300. The number of rotatable bonds is 7. The average molecular weight is 1500 g/mol. The summed E-state index contributed by atoms with van der Waals surface area (Å²) in [5.41, 5.74) is 49.8. The van der Waals surface area contributed by atoms with Gasteiger partial charge in [-0.1, -0.05) is 331 Å². The van der Waals surface area contributed by atoms with Crippen molar-refractivity contribution in [1.82, 2.24) is 9.13 Å². The molecule has 0 amide bonds. The summed E-state index contributed by atoms with van der Waals surface area (Å²) in [6.07, 6.45) is 0. The molecule has 2 nitrogen and oxygen atoms in total. The zero-order valence-electron chi connectivity index (χ0n) is 65.8. The van der Waals surface area contributed by atoms with Crippen LogP contribution in [0.1, 0.15) is 94.5 Å². The Labute approximate surface area is 686 Å². The summed E-state index contributed by atoms with van der Waals surface area (Å²) in [5.74, 6) is 0. The van der Waals surface area contributed by atoms with Crippen molar-refractivity contribution < 1.29 is 0 Å². The quantitative estimate of drug-likeness (QED) is 0.151. The molecule has 6 aliphatic rings. The first-order valence-electron chi connectivity index (χ1n) is 41.8. The van der Waals surface area contributed by atoms with Gasteiger partial charge in [0.25, 0.3) is 0 Å². The lowest BCUT2D eigenvalue weighted by Crippen LogP contribution is -2.26. The smallest absolute Gasteiger partial charge is 0.0725 e. The van der Waals surface area contributed by atoms with E-state index in [1.807, 2.05) is 0 Å². The molecule has 118 heavy (non-hydrogen) atoms. The Morgan fingerprint density at radius 1 is 0.153 bits per heavy atom. The number of hydrogen-bond acceptors (Lipinski definition) is 0. The van der Waals surface area contributed by atoms with Gasteiger partial charge in [-0.2, -0.15) is 0 Å². The number of benzene rings is 18. The van der Waals surface area contributed by atoms with Gasteiger partial charge < -0.3 is 9.13 Å². The van der Waals surface area contributed by atoms with E-state index in [0.29, 0.717) is 0 Å². The standard InChI is InChI=1S/C116H76N2/c1-113(2)97-29-13-5-21-81(97)87-57-51-79(67-103(87)113)117-109-35-19-11-27-93(109)95-61-73(49-59-111(95)117)69-37-41-71(42-38-69)75-45-53-89-91-55-47-77(65-107(91)115(105(89)63-75)99-31-15-7-23-83(99)84-24-8-16-32-100(84)115)78-48-56-92-90-54-46-76(64-106(90)116(108(92)66-78)101-33-17-9-25-85(101)86-26-10-18-34-102(86)116)72-43-39-70(40-44-72)74-50-60-112-96(62-74)94-28-12-20-36-110(94)118(112)80-52-58-88-82-22-6-14-30-98(82)114(3,4)104(88)68-80/h5-68H,1-4H3. The van der Waals surface area contributed by atoms with Gasteiger partial charge in [-0.15, -0.1) is 0 Å². The highest BCUT2D eigenvalue weighted by Crippen LogP contribution is 2.67. The lowest BCUT2D eigenvalue weighted by atomic mass is 9.69. The van der Waals surface area contributed by atoms with E-state index in [1.165, 1.54) is 244 Å². The third-order valence-corrected chi connectivity index (χ3v) is 28.6. The fourth-order valence-electron chi connectivity index (χ4n) is 23.2. The first kappa shape index (κ1) is 65.9. The van der Waals surface area contributed by atoms with E-state index in [4.69, 9.17) is 0 Å². The minimum absolute atomic E-state index is 0.0945. The van der Waals surface area contributed by atoms with Gasteiger partial charge in [0.1, 0.15) is 0 Å². The lowest BCUT2D eigenvalue weighted by Gasteiger charge is -2.31. The van der Waals surface area contributed by atoms with Crippen LogP contribution in [0.25, 0.3) is 177 Å². The number of fused-ring (bicyclic) bond motifs is 32. The van der Waals surface area contributed by atoms with Gasteiger partial charge in [0.2, 0.25) is 0 Å². The molecule has 6 aliphatic carbocycles. The summed E-state index contributed by atoms with van der Waals surface area (Å²) in [7, 11) is 0. The van der Waals surface area contributed by atoms with E-state index in [0.717, 1.165) is 0 Å². The Hall–Kier alpha value is -14.4. The fraction of sp³-hybridized carbons (Fsp3) is 0.0690. The van der Waals surface area contributed by atoms with E-state index >= 15 is 0 Å². The summed E-state index contributed by atoms with van der Waals surface area (Å²) >= 11 is 0. The predicted octanol–water partition coefficient (Wildman–Crippen LogP) is 29.5. The van der Waals surface area contributed by atoms with Crippen LogP contribution in [0, 0.1) is 0 Å². The van der Waals surface area contributed by atoms with Crippen LogP contribution >= 0.6 is 0 Å². The van der Waals surface area contributed by atoms with E-state index in [-0.39, 0.29) is 10.8 Å². The van der Waals surface area contributed by atoms with Crippen molar-refractivity contribution in [1.29, 1.82) is 0 Å². The number of hydrogen-bond donors (Lipinski definition) is 0. The van der Waals surface area contributed by atoms with Crippen molar-refractivity contribution >= 4 is 43.6 Å². The first-order chi connectivity index (χ1) is 58.0. The van der Waals surface area contributed by atoms with Crippen molar-refractivity contribution in [2.75, 3.05) is 0 Å². The minimum Gasteiger partial charge on any atom is -0.309 e. The number of para-hydroxylation sites is 2. The maximum Gasteiger partial charge on any atom is 0.0725 e. The maximum atomic E-state index is 2.57. The van der Waals surface area contributed by atoms with Gasteiger partial charge in [-0.25, -0.2) is 0 Å². The highest BCUT2D eigenvalue weighted by molar-refractivity contribution is 6.13. The average Bonchev–Trinajstić information content (AvgIpc) is 1.51. The van der Waals surface area contributed by atoms with Crippen LogP contribution in [0.15, 0.2) is 388 Å². The molecular weight excluding hydrogens is 1420 g/mol. The van der Waals surface area contributed by atoms with E-state index in [2.05, 4.69) is 425 Å². The molecule has 0 saturated carbocycles. The monoisotopic (exact) mass is 1500 g/mol. The first-order valence-corrected chi connectivity index (χ1v) is 41.8. The zero-order valence-corrected chi connectivity index (χ0v) is 65.8. The molecule has 0 saturated heterocycles. The summed E-state index contributed by atoms with van der Waals surface area (Å²) in [4.78, 5) is 0. The van der Waals surface area contributed by atoms with Gasteiger partial charge in [0, 0.05) is 43.7 Å². The number of aromatic nitrogens is 2. The van der Waals surface area contributed by atoms with E-state index in [1.54, 1.807) is 0 Å². The summed E-state index contributed by atoms with van der Waals surface area (Å²) in [6.45, 7) is 9.48. The minimum atomic E-state index is -0.573. The SMILES string of the molecule is CC1(C)c2ccccc2-c2ccc(-n3c4ccccc4c4cc(-c5ccc(-c6ccc7c(c6)C6(c8ccccc8-c8ccccc86)c6cc(-c8ccc9c(c8)C8(c%10ccccc%10-c%10ccccc%108)c8cc(-c%10ccc(-c%11ccc%12c(c%11)c%11ccccc%11n%12-c%11ccc%12c(c%11)C(C)(C)c%11ccccc%11-%12)cc%10)ccc8-9)ccc6-7)cc5)ccc43)cc21. The molecule has 0 atom stereocenters. The molecule has 0 N–H and O–H groups in total. The van der Waals surface area contributed by atoms with Crippen molar-refractivity contribution in [2.24, 2.45) is 0 Å². The molecular formula is C116H76N2. The third kappa shape index (κ3) is 8.60. The van der Waals surface area contributed by atoms with E-state index < -0.39 is 10.8 Å². The summed E-state index contributed by atoms with van der Waals surface area (Å²) in [6, 6.07) is 149. The Kier molecular flexibility index (Phi) is 13.2. The van der Waals surface area contributed by atoms with Crippen molar-refractivity contribution in [2.45, 2.75) is 49.4 Å². The largest absolute Gasteiger partial charge is 0.309 e. The normalized spacial score (nSPS) is 14.7. The topological polar surface area (TPSA) is 9.86 Å². The highest BCUT2D eigenvalue weighted by atomic mass is 15.0. The van der Waals surface area contributed by atoms with Gasteiger partial charge in [0.15, 0.2) is 0 Å². The molecule has 18 aromatic carbocycles. The summed E-state index contributed by atoms with van der Waals surface area (Å²) in [5, 5.41) is 5.01. The second-order valence-corrected chi connectivity index (χ2v) is 34.8. The fourth-order valence-corrected chi connectivity index (χ4v) is 23.2. The van der Waals surface area contributed by atoms with Crippen molar-refractivity contribution in [3.63, 3.8) is 0 Å². The maximum absolute atomic E-state index is 2.57. The molecule has 2 spiro atoms. The van der Waals surface area contributed by atoms with Crippen molar-refractivity contribution in [3.05, 3.63) is 455 Å². The van der Waals surface area contributed by atoms with E-state index in [9.17, 15) is 0 Å². The van der Waals surface area contributed by atoms with Crippen LogP contribution in [0.2, 0.25) is 0 Å². The Balaban J connectivity index is 0.554. The van der Waals surface area contributed by atoms with Gasteiger partial charge in [-0.05, 0) is 274 Å². The molecule has 2 heteroatoms. The molecule has 2 heterocycles. The molecule has 2 aromatic heterocycles. The summed E-state index contributed by atoms with van der Waals surface area (Å²) < 4.78 is 4.94. The van der Waals surface area contributed by atoms with Gasteiger partial charge in [0.05, 0.1) is 32.9 Å². The molecule has 0 aliphatic heterocycles.